The van der Waals surface area contributed by atoms with Crippen LogP contribution in [0.1, 0.15) is 11.1 Å². The number of hydrogen-bond donors (Lipinski definition) is 1. The average molecular weight is 651 g/mol. The molecule has 0 saturated carbocycles. The van der Waals surface area contributed by atoms with Gasteiger partial charge in [0.2, 0.25) is 11.8 Å². The number of benzene rings is 4. The van der Waals surface area contributed by atoms with Crippen LogP contribution in [0.15, 0.2) is 119 Å². The van der Waals surface area contributed by atoms with Gasteiger partial charge in [0, 0.05) is 24.5 Å². The average Bonchev–Trinajstić information content (AvgIpc) is 3.02. The third kappa shape index (κ3) is 7.37. The number of anilines is 1. The highest BCUT2D eigenvalue weighted by Crippen LogP contribution is 2.32. The first-order valence-corrected chi connectivity index (χ1v) is 15.5. The molecule has 1 atom stereocenters. The molecule has 218 valence electrons. The molecule has 4 aromatic carbocycles. The van der Waals surface area contributed by atoms with E-state index in [-0.39, 0.29) is 35.2 Å². The van der Waals surface area contributed by atoms with Crippen molar-refractivity contribution >= 4 is 43.5 Å². The lowest BCUT2D eigenvalue weighted by molar-refractivity contribution is -0.139. The fourth-order valence-corrected chi connectivity index (χ4v) is 6.51. The maximum Gasteiger partial charge on any atom is 0.264 e. The Hall–Kier alpha value is -4.15. The lowest BCUT2D eigenvalue weighted by Crippen LogP contribution is -2.53. The molecule has 8 nitrogen and oxygen atoms in total. The van der Waals surface area contributed by atoms with Crippen LogP contribution in [0.4, 0.5) is 5.69 Å². The fourth-order valence-electron chi connectivity index (χ4n) is 4.62. The molecule has 0 aromatic heterocycles. The van der Waals surface area contributed by atoms with Crippen molar-refractivity contribution in [1.29, 1.82) is 0 Å². The third-order valence-corrected chi connectivity index (χ3v) is 8.99. The minimum atomic E-state index is -4.21. The molecule has 4 aromatic rings. The fraction of sp³-hybridized carbons (Fsp3) is 0.188. The summed E-state index contributed by atoms with van der Waals surface area (Å²) in [7, 11) is -1.25. The third-order valence-electron chi connectivity index (χ3n) is 6.72. The van der Waals surface area contributed by atoms with Crippen molar-refractivity contribution in [2.45, 2.75) is 23.9 Å². The Morgan fingerprint density at radius 1 is 0.857 bits per heavy atom. The Labute approximate surface area is 255 Å². The van der Waals surface area contributed by atoms with Gasteiger partial charge >= 0.3 is 0 Å². The Morgan fingerprint density at radius 3 is 2.12 bits per heavy atom. The number of nitrogens with zero attached hydrogens (tertiary/aromatic N) is 2. The normalized spacial score (nSPS) is 11.8. The lowest BCUT2D eigenvalue weighted by Gasteiger charge is -2.34. The number of ether oxygens (including phenoxy) is 1. The van der Waals surface area contributed by atoms with Crippen molar-refractivity contribution < 1.29 is 22.7 Å². The summed E-state index contributed by atoms with van der Waals surface area (Å²) in [6, 6.07) is 30.4. The molecule has 0 heterocycles. The van der Waals surface area contributed by atoms with Crippen molar-refractivity contribution in [3.05, 3.63) is 125 Å². The van der Waals surface area contributed by atoms with Crippen molar-refractivity contribution in [2.75, 3.05) is 25.0 Å². The van der Waals surface area contributed by atoms with Crippen LogP contribution in [-0.2, 0) is 32.6 Å². The van der Waals surface area contributed by atoms with Crippen molar-refractivity contribution in [1.82, 2.24) is 10.2 Å². The van der Waals surface area contributed by atoms with Crippen LogP contribution >= 0.6 is 15.9 Å². The summed E-state index contributed by atoms with van der Waals surface area (Å²) < 4.78 is 35.4. The van der Waals surface area contributed by atoms with E-state index in [1.165, 1.54) is 31.2 Å². The van der Waals surface area contributed by atoms with Gasteiger partial charge < -0.3 is 15.0 Å². The molecule has 0 aliphatic carbocycles. The van der Waals surface area contributed by atoms with Crippen LogP contribution in [-0.4, -0.2) is 51.9 Å². The summed E-state index contributed by atoms with van der Waals surface area (Å²) in [5, 5.41) is 2.68. The van der Waals surface area contributed by atoms with Gasteiger partial charge in [-0.1, -0.05) is 88.7 Å². The second-order valence-electron chi connectivity index (χ2n) is 9.47. The molecule has 1 N–H and O–H groups in total. The minimum absolute atomic E-state index is 0.0226. The summed E-state index contributed by atoms with van der Waals surface area (Å²) >= 11 is 3.48. The molecule has 0 radical (unpaired) electrons. The van der Waals surface area contributed by atoms with E-state index in [9.17, 15) is 18.0 Å². The van der Waals surface area contributed by atoms with Gasteiger partial charge in [-0.15, -0.1) is 0 Å². The number of nitrogens with one attached hydrogen (secondary N) is 1. The molecule has 0 fully saturated rings. The van der Waals surface area contributed by atoms with E-state index in [1.807, 2.05) is 54.6 Å². The van der Waals surface area contributed by atoms with E-state index in [0.717, 1.165) is 19.9 Å². The number of rotatable bonds is 12. The van der Waals surface area contributed by atoms with Crippen LogP contribution in [0, 0.1) is 0 Å². The molecule has 0 aliphatic rings. The number of likely N-dealkylation sites (N-methyl/N-ethyl adjacent to an activating group) is 1. The summed E-state index contributed by atoms with van der Waals surface area (Å²) in [5.74, 6) is -0.627. The summed E-state index contributed by atoms with van der Waals surface area (Å²) in [4.78, 5) is 29.1. The minimum Gasteiger partial charge on any atom is -0.495 e. The summed E-state index contributed by atoms with van der Waals surface area (Å²) in [5.41, 5.74) is 1.84. The molecule has 0 bridgehead atoms. The number of halogens is 1. The first kappa shape index (κ1) is 30.8. The zero-order valence-corrected chi connectivity index (χ0v) is 25.7. The van der Waals surface area contributed by atoms with Gasteiger partial charge in [0.25, 0.3) is 10.0 Å². The van der Waals surface area contributed by atoms with Crippen molar-refractivity contribution in [2.24, 2.45) is 0 Å². The summed E-state index contributed by atoms with van der Waals surface area (Å²) in [6.07, 6.45) is 0.236. The predicted molar refractivity (Wildman–Crippen MR) is 167 cm³/mol. The number of carbonyl (C=O) groups is 2. The Kier molecular flexibility index (Phi) is 10.4. The van der Waals surface area contributed by atoms with Crippen LogP contribution in [0.3, 0.4) is 0 Å². The highest BCUT2D eigenvalue weighted by molar-refractivity contribution is 9.10. The van der Waals surface area contributed by atoms with Gasteiger partial charge in [-0.2, -0.15) is 0 Å². The number of methoxy groups -OCH3 is 1. The van der Waals surface area contributed by atoms with Gasteiger partial charge in [-0.25, -0.2) is 8.42 Å². The quantitative estimate of drug-likeness (QED) is 0.232. The zero-order valence-electron chi connectivity index (χ0n) is 23.3. The van der Waals surface area contributed by atoms with Crippen LogP contribution in [0.25, 0.3) is 0 Å². The maximum absolute atomic E-state index is 14.3. The molecular weight excluding hydrogens is 618 g/mol. The molecule has 4 rings (SSSR count). The van der Waals surface area contributed by atoms with E-state index in [2.05, 4.69) is 21.2 Å². The number of carbonyl (C=O) groups excluding carboxylic acids is 2. The smallest absolute Gasteiger partial charge is 0.264 e. The Morgan fingerprint density at radius 2 is 1.48 bits per heavy atom. The summed E-state index contributed by atoms with van der Waals surface area (Å²) in [6.45, 7) is -0.484. The zero-order chi connectivity index (χ0) is 30.1. The van der Waals surface area contributed by atoms with E-state index in [1.54, 1.807) is 42.5 Å². The van der Waals surface area contributed by atoms with E-state index >= 15 is 0 Å². The largest absolute Gasteiger partial charge is 0.495 e. The van der Waals surface area contributed by atoms with Crippen molar-refractivity contribution in [3.63, 3.8) is 0 Å². The van der Waals surface area contributed by atoms with Gasteiger partial charge in [0.15, 0.2) is 0 Å². The number of sulfonamides is 1. The number of para-hydroxylation sites is 2. The molecule has 1 unspecified atom stereocenters. The molecule has 2 amide bonds. The first-order valence-electron chi connectivity index (χ1n) is 13.2. The van der Waals surface area contributed by atoms with Crippen molar-refractivity contribution in [3.8, 4) is 5.75 Å². The molecular formula is C32H32BrN3O5S. The van der Waals surface area contributed by atoms with Crippen LogP contribution in [0.5, 0.6) is 5.75 Å². The first-order chi connectivity index (χ1) is 20.2. The monoisotopic (exact) mass is 649 g/mol. The van der Waals surface area contributed by atoms with E-state index in [4.69, 9.17) is 4.74 Å². The maximum atomic E-state index is 14.3. The Bertz CT molecular complexity index is 1620. The molecule has 0 aliphatic heterocycles. The van der Waals surface area contributed by atoms with Gasteiger partial charge in [0.1, 0.15) is 18.3 Å². The van der Waals surface area contributed by atoms with Gasteiger partial charge in [-0.05, 0) is 47.5 Å². The number of amides is 2. The van der Waals surface area contributed by atoms with Crippen LogP contribution < -0.4 is 14.4 Å². The van der Waals surface area contributed by atoms with Gasteiger partial charge in [-0.3, -0.25) is 13.9 Å². The highest BCUT2D eigenvalue weighted by atomic mass is 79.9. The van der Waals surface area contributed by atoms with Crippen LogP contribution in [0.2, 0.25) is 0 Å². The second-order valence-corrected chi connectivity index (χ2v) is 12.2. The van der Waals surface area contributed by atoms with E-state index < -0.39 is 28.5 Å². The molecule has 0 spiro atoms. The SMILES string of the molecule is CNC(=O)C(Cc1ccccc1)N(Cc1cccc(Br)c1)C(=O)CN(c1ccccc1OC)S(=O)(=O)c1ccccc1. The predicted octanol–water partition coefficient (Wildman–Crippen LogP) is 5.04. The molecule has 10 heteroatoms. The standard InChI is InChI=1S/C32H32BrN3O5S/c1-34-32(38)29(21-24-12-5-3-6-13-24)35(22-25-14-11-15-26(33)20-25)31(37)23-36(28-18-9-10-19-30(28)41-2)42(39,40)27-16-7-4-8-17-27/h3-20,29H,21-23H2,1-2H3,(H,34,38). The topological polar surface area (TPSA) is 96.0 Å². The highest BCUT2D eigenvalue weighted by Gasteiger charge is 2.35. The second kappa shape index (κ2) is 14.2. The van der Waals surface area contributed by atoms with E-state index in [0.29, 0.717) is 0 Å². The lowest BCUT2D eigenvalue weighted by atomic mass is 10.0. The Balaban J connectivity index is 1.81. The molecule has 0 saturated heterocycles. The van der Waals surface area contributed by atoms with Gasteiger partial charge in [0.05, 0.1) is 17.7 Å². The number of hydrogen-bond acceptors (Lipinski definition) is 5. The molecule has 42 heavy (non-hydrogen) atoms.